The van der Waals surface area contributed by atoms with Gasteiger partial charge in [-0.3, -0.25) is 9.69 Å². The second-order valence-corrected chi connectivity index (χ2v) is 6.03. The van der Waals surface area contributed by atoms with Gasteiger partial charge in [0.1, 0.15) is 0 Å². The summed E-state index contributed by atoms with van der Waals surface area (Å²) in [6, 6.07) is 0.592. The van der Waals surface area contributed by atoms with E-state index in [0.717, 1.165) is 37.8 Å². The van der Waals surface area contributed by atoms with Crippen LogP contribution in [0.1, 0.15) is 26.0 Å². The van der Waals surface area contributed by atoms with Gasteiger partial charge in [0.25, 0.3) is 0 Å². The van der Waals surface area contributed by atoms with Crippen LogP contribution in [-0.4, -0.2) is 35.6 Å². The molecule has 1 aromatic rings. The van der Waals surface area contributed by atoms with Gasteiger partial charge in [0.05, 0.1) is 0 Å². The van der Waals surface area contributed by atoms with Crippen LogP contribution in [0.3, 0.4) is 0 Å². The molecule has 1 fully saturated rings. The molecule has 4 nitrogen and oxygen atoms in total. The van der Waals surface area contributed by atoms with E-state index in [0.29, 0.717) is 6.04 Å². The minimum absolute atomic E-state index is 0.0499. The zero-order valence-corrected chi connectivity index (χ0v) is 11.3. The maximum absolute atomic E-state index is 11.1. The first-order valence-corrected chi connectivity index (χ1v) is 7.14. The molecule has 0 aliphatic carbocycles. The van der Waals surface area contributed by atoms with E-state index < -0.39 is 0 Å². The van der Waals surface area contributed by atoms with Crippen molar-refractivity contribution in [1.29, 1.82) is 0 Å². The third-order valence-corrected chi connectivity index (χ3v) is 3.78. The average molecular weight is 255 g/mol. The molecular formula is C12H21N3OS. The van der Waals surface area contributed by atoms with Gasteiger partial charge >= 0.3 is 4.87 Å². The number of aromatic amines is 1. The third-order valence-electron chi connectivity index (χ3n) is 3.06. The monoisotopic (exact) mass is 255 g/mol. The van der Waals surface area contributed by atoms with Crippen molar-refractivity contribution < 1.29 is 0 Å². The molecule has 1 atom stereocenters. The van der Waals surface area contributed by atoms with E-state index in [-0.39, 0.29) is 4.87 Å². The molecule has 2 rings (SSSR count). The highest BCUT2D eigenvalue weighted by Gasteiger charge is 2.20. The molecule has 1 saturated heterocycles. The minimum atomic E-state index is 0.0499. The van der Waals surface area contributed by atoms with Crippen LogP contribution in [0, 0.1) is 5.92 Å². The molecule has 1 aromatic heterocycles. The minimum Gasteiger partial charge on any atom is -0.315 e. The van der Waals surface area contributed by atoms with Crippen molar-refractivity contribution in [3.8, 4) is 0 Å². The molecule has 1 unspecified atom stereocenters. The molecule has 96 valence electrons. The van der Waals surface area contributed by atoms with E-state index in [1.165, 1.54) is 17.8 Å². The normalized spacial score (nSPS) is 22.2. The number of nitrogens with one attached hydrogen (secondary N) is 2. The van der Waals surface area contributed by atoms with Crippen LogP contribution in [-0.2, 0) is 6.54 Å². The zero-order chi connectivity index (χ0) is 12.3. The zero-order valence-electron chi connectivity index (χ0n) is 10.5. The van der Waals surface area contributed by atoms with Gasteiger partial charge in [-0.25, -0.2) is 0 Å². The molecule has 0 spiro atoms. The van der Waals surface area contributed by atoms with Crippen LogP contribution in [0.25, 0.3) is 0 Å². The van der Waals surface area contributed by atoms with Gasteiger partial charge in [0, 0.05) is 43.3 Å². The van der Waals surface area contributed by atoms with E-state index in [1.807, 2.05) is 5.38 Å². The Balaban J connectivity index is 1.87. The number of hydrogen-bond donors (Lipinski definition) is 2. The quantitative estimate of drug-likeness (QED) is 0.851. The standard InChI is InChI=1S/C12H21N3OS/c1-9(2)5-10-6-15(4-3-13-10)7-11-8-17-12(16)14-11/h8-10,13H,3-7H2,1-2H3,(H,14,16). The van der Waals surface area contributed by atoms with Gasteiger partial charge in [-0.1, -0.05) is 25.2 Å². The Labute approximate surface area is 106 Å². The first kappa shape index (κ1) is 12.8. The van der Waals surface area contributed by atoms with E-state index in [9.17, 15) is 4.79 Å². The van der Waals surface area contributed by atoms with E-state index in [4.69, 9.17) is 0 Å². The summed E-state index contributed by atoms with van der Waals surface area (Å²) in [5, 5.41) is 5.49. The third kappa shape index (κ3) is 3.94. The van der Waals surface area contributed by atoms with Gasteiger partial charge in [-0.2, -0.15) is 0 Å². The summed E-state index contributed by atoms with van der Waals surface area (Å²) in [5.41, 5.74) is 1.05. The second-order valence-electron chi connectivity index (χ2n) is 5.19. The lowest BCUT2D eigenvalue weighted by atomic mass is 10.0. The first-order valence-electron chi connectivity index (χ1n) is 6.26. The summed E-state index contributed by atoms with van der Waals surface area (Å²) in [4.78, 5) is 16.4. The van der Waals surface area contributed by atoms with E-state index >= 15 is 0 Å². The average Bonchev–Trinajstić information content (AvgIpc) is 2.63. The lowest BCUT2D eigenvalue weighted by Gasteiger charge is -2.34. The molecule has 0 radical (unpaired) electrons. The number of nitrogens with zero attached hydrogens (tertiary/aromatic N) is 1. The highest BCUT2D eigenvalue weighted by Crippen LogP contribution is 2.11. The number of H-pyrrole nitrogens is 1. The lowest BCUT2D eigenvalue weighted by Crippen LogP contribution is -2.50. The molecule has 5 heteroatoms. The molecular weight excluding hydrogens is 234 g/mol. The molecule has 0 aromatic carbocycles. The van der Waals surface area contributed by atoms with Crippen molar-refractivity contribution >= 4 is 11.3 Å². The summed E-state index contributed by atoms with van der Waals surface area (Å²) in [5.74, 6) is 0.730. The first-order chi connectivity index (χ1) is 8.13. The Morgan fingerprint density at radius 2 is 2.41 bits per heavy atom. The van der Waals surface area contributed by atoms with Gasteiger partial charge in [0.15, 0.2) is 0 Å². The van der Waals surface area contributed by atoms with Crippen molar-refractivity contribution in [3.05, 3.63) is 20.7 Å². The maximum atomic E-state index is 11.1. The van der Waals surface area contributed by atoms with Crippen LogP contribution >= 0.6 is 11.3 Å². The fourth-order valence-corrected chi connectivity index (χ4v) is 2.97. The molecule has 1 aliphatic rings. The summed E-state index contributed by atoms with van der Waals surface area (Å²) >= 11 is 1.25. The van der Waals surface area contributed by atoms with Crippen LogP contribution < -0.4 is 10.2 Å². The molecule has 0 bridgehead atoms. The highest BCUT2D eigenvalue weighted by molar-refractivity contribution is 7.07. The second kappa shape index (κ2) is 5.80. The van der Waals surface area contributed by atoms with Crippen molar-refractivity contribution in [2.24, 2.45) is 5.92 Å². The lowest BCUT2D eigenvalue weighted by molar-refractivity contribution is 0.178. The van der Waals surface area contributed by atoms with Gasteiger partial charge in [-0.15, -0.1) is 0 Å². The van der Waals surface area contributed by atoms with Crippen molar-refractivity contribution in [2.45, 2.75) is 32.9 Å². The summed E-state index contributed by atoms with van der Waals surface area (Å²) in [6.45, 7) is 8.58. The Hall–Kier alpha value is -0.650. The number of piperazine rings is 1. The predicted octanol–water partition coefficient (Wildman–Crippen LogP) is 1.26. The Bertz CT molecular complexity index is 398. The maximum Gasteiger partial charge on any atom is 0.304 e. The van der Waals surface area contributed by atoms with E-state index in [1.54, 1.807) is 0 Å². The van der Waals surface area contributed by atoms with Crippen molar-refractivity contribution in [2.75, 3.05) is 19.6 Å². The molecule has 2 N–H and O–H groups in total. The number of thiazole rings is 1. The molecule has 0 amide bonds. The SMILES string of the molecule is CC(C)CC1CN(Cc2csc(=O)[nH]2)CCN1. The van der Waals surface area contributed by atoms with Crippen molar-refractivity contribution in [3.63, 3.8) is 0 Å². The largest absolute Gasteiger partial charge is 0.315 e. The smallest absolute Gasteiger partial charge is 0.304 e. The number of rotatable bonds is 4. The highest BCUT2D eigenvalue weighted by atomic mass is 32.1. The Morgan fingerprint density at radius 3 is 3.06 bits per heavy atom. The van der Waals surface area contributed by atoms with Crippen LogP contribution in [0.4, 0.5) is 0 Å². The van der Waals surface area contributed by atoms with Crippen LogP contribution in [0.2, 0.25) is 0 Å². The Morgan fingerprint density at radius 1 is 1.59 bits per heavy atom. The fourth-order valence-electron chi connectivity index (χ4n) is 2.40. The summed E-state index contributed by atoms with van der Waals surface area (Å²) in [6.07, 6.45) is 1.22. The fraction of sp³-hybridized carbons (Fsp3) is 0.750. The molecule has 17 heavy (non-hydrogen) atoms. The van der Waals surface area contributed by atoms with Gasteiger partial charge < -0.3 is 10.3 Å². The molecule has 1 aliphatic heterocycles. The van der Waals surface area contributed by atoms with Crippen molar-refractivity contribution in [1.82, 2.24) is 15.2 Å². The number of hydrogen-bond acceptors (Lipinski definition) is 4. The van der Waals surface area contributed by atoms with E-state index in [2.05, 4.69) is 29.0 Å². The van der Waals surface area contributed by atoms with Crippen LogP contribution in [0.5, 0.6) is 0 Å². The van der Waals surface area contributed by atoms with Gasteiger partial charge in [0.2, 0.25) is 0 Å². The summed E-state index contributed by atoms with van der Waals surface area (Å²) in [7, 11) is 0. The molecule has 0 saturated carbocycles. The predicted molar refractivity (Wildman–Crippen MR) is 71.5 cm³/mol. The van der Waals surface area contributed by atoms with Crippen LogP contribution in [0.15, 0.2) is 10.2 Å². The number of aromatic nitrogens is 1. The Kier molecular flexibility index (Phi) is 4.36. The van der Waals surface area contributed by atoms with Gasteiger partial charge in [-0.05, 0) is 12.3 Å². The summed E-state index contributed by atoms with van der Waals surface area (Å²) < 4.78 is 0. The topological polar surface area (TPSA) is 48.1 Å². The molecule has 2 heterocycles.